The van der Waals surface area contributed by atoms with E-state index in [0.29, 0.717) is 0 Å². The molecule has 0 aliphatic rings. The van der Waals surface area contributed by atoms with E-state index in [1.165, 1.54) is 5.39 Å². The van der Waals surface area contributed by atoms with Crippen molar-refractivity contribution in [3.8, 4) is 0 Å². The Morgan fingerprint density at radius 1 is 1.14 bits per heavy atom. The highest BCUT2D eigenvalue weighted by atomic mass is 79.9. The largest absolute Gasteiger partial charge is 0.352 e. The number of aromatic amines is 1. The number of halogens is 1. The van der Waals surface area contributed by atoms with Crippen LogP contribution < -0.4 is 0 Å². The summed E-state index contributed by atoms with van der Waals surface area (Å²) in [6.07, 6.45) is 1.81. The zero-order valence-electron chi connectivity index (χ0n) is 7.29. The van der Waals surface area contributed by atoms with E-state index < -0.39 is 0 Å². The van der Waals surface area contributed by atoms with Gasteiger partial charge in [-0.05, 0) is 28.1 Å². The molecule has 0 aliphatic carbocycles. The van der Waals surface area contributed by atoms with Crippen LogP contribution in [0.1, 0.15) is 0 Å². The maximum absolute atomic E-state index is 4.37. The summed E-state index contributed by atoms with van der Waals surface area (Å²) >= 11 is 3.50. The molecule has 2 aromatic heterocycles. The van der Waals surface area contributed by atoms with E-state index in [1.54, 1.807) is 0 Å². The van der Waals surface area contributed by atoms with Crippen molar-refractivity contribution in [2.24, 2.45) is 0 Å². The summed E-state index contributed by atoms with van der Waals surface area (Å²) in [7, 11) is 0. The molecule has 0 atom stereocenters. The quantitative estimate of drug-likeness (QED) is 0.647. The average molecular weight is 247 g/mol. The number of hydrogen-bond donors (Lipinski definition) is 1. The molecule has 14 heavy (non-hydrogen) atoms. The van der Waals surface area contributed by atoms with E-state index in [9.17, 15) is 0 Å². The highest BCUT2D eigenvalue weighted by molar-refractivity contribution is 9.10. The molecule has 0 fully saturated rings. The van der Waals surface area contributed by atoms with E-state index >= 15 is 0 Å². The molecule has 0 saturated heterocycles. The number of hydrogen-bond acceptors (Lipinski definition) is 1. The summed E-state index contributed by atoms with van der Waals surface area (Å²) in [6, 6.07) is 10.1. The Morgan fingerprint density at radius 2 is 2.00 bits per heavy atom. The monoisotopic (exact) mass is 246 g/mol. The van der Waals surface area contributed by atoms with Gasteiger partial charge in [0.1, 0.15) is 0 Å². The first kappa shape index (κ1) is 8.00. The third-order valence-electron chi connectivity index (χ3n) is 2.34. The minimum Gasteiger partial charge on any atom is -0.352 e. The van der Waals surface area contributed by atoms with Crippen LogP contribution in [0.3, 0.4) is 0 Å². The molecule has 3 rings (SSSR count). The molecule has 2 heterocycles. The zero-order valence-corrected chi connectivity index (χ0v) is 8.88. The van der Waals surface area contributed by atoms with Crippen molar-refractivity contribution in [3.05, 3.63) is 41.0 Å². The van der Waals surface area contributed by atoms with Crippen molar-refractivity contribution >= 4 is 37.9 Å². The average Bonchev–Trinajstić information content (AvgIpc) is 2.59. The molecule has 0 saturated carbocycles. The number of aromatic nitrogens is 2. The topological polar surface area (TPSA) is 28.7 Å². The minimum absolute atomic E-state index is 1.02. The lowest BCUT2D eigenvalue weighted by Crippen LogP contribution is -1.74. The SMILES string of the molecule is Brc1ccnc2c1[nH]c1ccccc12. The van der Waals surface area contributed by atoms with Gasteiger partial charge < -0.3 is 4.98 Å². The van der Waals surface area contributed by atoms with E-state index in [4.69, 9.17) is 0 Å². The predicted octanol–water partition coefficient (Wildman–Crippen LogP) is 3.48. The van der Waals surface area contributed by atoms with Gasteiger partial charge in [-0.1, -0.05) is 18.2 Å². The maximum Gasteiger partial charge on any atom is 0.0969 e. The van der Waals surface area contributed by atoms with Crippen LogP contribution in [0.5, 0.6) is 0 Å². The van der Waals surface area contributed by atoms with Crippen molar-refractivity contribution in [1.82, 2.24) is 9.97 Å². The van der Waals surface area contributed by atoms with E-state index in [1.807, 2.05) is 24.4 Å². The number of rotatable bonds is 0. The van der Waals surface area contributed by atoms with Gasteiger partial charge in [0.15, 0.2) is 0 Å². The Balaban J connectivity index is 2.63. The summed E-state index contributed by atoms with van der Waals surface area (Å²) in [6.45, 7) is 0. The van der Waals surface area contributed by atoms with E-state index in [-0.39, 0.29) is 0 Å². The second-order valence-corrected chi connectivity index (χ2v) is 4.04. The molecule has 0 bridgehead atoms. The smallest absolute Gasteiger partial charge is 0.0969 e. The normalized spacial score (nSPS) is 11.2. The second kappa shape index (κ2) is 2.82. The van der Waals surface area contributed by atoms with E-state index in [0.717, 1.165) is 21.0 Å². The van der Waals surface area contributed by atoms with Gasteiger partial charge in [-0.25, -0.2) is 0 Å². The van der Waals surface area contributed by atoms with Crippen molar-refractivity contribution in [1.29, 1.82) is 0 Å². The Kier molecular flexibility index (Phi) is 1.61. The van der Waals surface area contributed by atoms with Gasteiger partial charge in [-0.3, -0.25) is 4.98 Å². The summed E-state index contributed by atoms with van der Waals surface area (Å²) in [4.78, 5) is 7.71. The molecular weight excluding hydrogens is 240 g/mol. The summed E-state index contributed by atoms with van der Waals surface area (Å²) in [5.41, 5.74) is 3.21. The van der Waals surface area contributed by atoms with Crippen LogP contribution in [0.4, 0.5) is 0 Å². The zero-order chi connectivity index (χ0) is 9.54. The molecule has 68 valence electrons. The number of benzene rings is 1. The number of pyridine rings is 1. The predicted molar refractivity (Wildman–Crippen MR) is 61.3 cm³/mol. The summed E-state index contributed by atoms with van der Waals surface area (Å²) in [5, 5.41) is 1.17. The third-order valence-corrected chi connectivity index (χ3v) is 3.00. The Bertz CT molecular complexity index is 613. The van der Waals surface area contributed by atoms with Crippen molar-refractivity contribution in [2.75, 3.05) is 0 Å². The lowest BCUT2D eigenvalue weighted by Gasteiger charge is -1.91. The van der Waals surface area contributed by atoms with Gasteiger partial charge in [0.2, 0.25) is 0 Å². The van der Waals surface area contributed by atoms with Gasteiger partial charge in [0.25, 0.3) is 0 Å². The fourth-order valence-corrected chi connectivity index (χ4v) is 2.10. The van der Waals surface area contributed by atoms with Crippen LogP contribution in [-0.4, -0.2) is 9.97 Å². The van der Waals surface area contributed by atoms with Crippen molar-refractivity contribution in [3.63, 3.8) is 0 Å². The molecule has 3 heteroatoms. The molecule has 0 aliphatic heterocycles. The molecule has 0 unspecified atom stereocenters. The number of fused-ring (bicyclic) bond motifs is 3. The molecule has 0 amide bonds. The highest BCUT2D eigenvalue weighted by Crippen LogP contribution is 2.27. The first-order chi connectivity index (χ1) is 6.86. The second-order valence-electron chi connectivity index (χ2n) is 3.19. The van der Waals surface area contributed by atoms with Crippen molar-refractivity contribution < 1.29 is 0 Å². The number of nitrogens with zero attached hydrogens (tertiary/aromatic N) is 1. The molecule has 1 N–H and O–H groups in total. The molecule has 0 radical (unpaired) electrons. The molecule has 3 aromatic rings. The molecule has 0 spiro atoms. The van der Waals surface area contributed by atoms with Gasteiger partial charge in [0, 0.05) is 21.6 Å². The standard InChI is InChI=1S/C11H7BrN2/c12-8-5-6-13-10-7-3-1-2-4-9(7)14-11(8)10/h1-6,14H. The first-order valence-corrected chi connectivity index (χ1v) is 5.16. The van der Waals surface area contributed by atoms with Crippen LogP contribution in [-0.2, 0) is 0 Å². The van der Waals surface area contributed by atoms with Crippen molar-refractivity contribution in [2.45, 2.75) is 0 Å². The van der Waals surface area contributed by atoms with Crippen LogP contribution in [0.2, 0.25) is 0 Å². The highest BCUT2D eigenvalue weighted by Gasteiger charge is 2.05. The Hall–Kier alpha value is -1.35. The fourth-order valence-electron chi connectivity index (χ4n) is 1.69. The molecular formula is C11H7BrN2. The summed E-state index contributed by atoms with van der Waals surface area (Å²) in [5.74, 6) is 0. The fraction of sp³-hybridized carbons (Fsp3) is 0. The first-order valence-electron chi connectivity index (χ1n) is 4.37. The number of para-hydroxylation sites is 1. The third kappa shape index (κ3) is 0.990. The number of H-pyrrole nitrogens is 1. The maximum atomic E-state index is 4.37. The lowest BCUT2D eigenvalue weighted by atomic mass is 10.2. The number of nitrogens with one attached hydrogen (secondary N) is 1. The minimum atomic E-state index is 1.02. The van der Waals surface area contributed by atoms with Gasteiger partial charge in [0.05, 0.1) is 11.0 Å². The van der Waals surface area contributed by atoms with Crippen LogP contribution in [0.15, 0.2) is 41.0 Å². The Morgan fingerprint density at radius 3 is 2.93 bits per heavy atom. The van der Waals surface area contributed by atoms with E-state index in [2.05, 4.69) is 38.0 Å². The van der Waals surface area contributed by atoms with Crippen LogP contribution >= 0.6 is 15.9 Å². The van der Waals surface area contributed by atoms with Gasteiger partial charge in [-0.2, -0.15) is 0 Å². The molecule has 1 aromatic carbocycles. The van der Waals surface area contributed by atoms with Crippen LogP contribution in [0, 0.1) is 0 Å². The van der Waals surface area contributed by atoms with Gasteiger partial charge in [-0.15, -0.1) is 0 Å². The Labute approximate surface area is 89.1 Å². The van der Waals surface area contributed by atoms with Crippen LogP contribution in [0.25, 0.3) is 21.9 Å². The lowest BCUT2D eigenvalue weighted by molar-refractivity contribution is 1.40. The molecule has 2 nitrogen and oxygen atoms in total. The summed E-state index contributed by atoms with van der Waals surface area (Å²) < 4.78 is 1.05. The van der Waals surface area contributed by atoms with Gasteiger partial charge >= 0.3 is 0 Å².